The van der Waals surface area contributed by atoms with E-state index in [0.29, 0.717) is 13.0 Å². The number of benzene rings is 1. The van der Waals surface area contributed by atoms with Gasteiger partial charge in [0.05, 0.1) is 0 Å². The zero-order chi connectivity index (χ0) is 19.2. The van der Waals surface area contributed by atoms with Gasteiger partial charge in [0.25, 0.3) is 0 Å². The van der Waals surface area contributed by atoms with Gasteiger partial charge >= 0.3 is 0 Å². The van der Waals surface area contributed by atoms with E-state index < -0.39 is 0 Å². The van der Waals surface area contributed by atoms with Crippen molar-refractivity contribution >= 4 is 41.5 Å². The highest BCUT2D eigenvalue weighted by Crippen LogP contribution is 2.31. The number of carbonyl (C=O) groups excluding carboxylic acids is 1. The van der Waals surface area contributed by atoms with Gasteiger partial charge in [-0.1, -0.05) is 32.0 Å². The normalized spacial score (nSPS) is 25.3. The van der Waals surface area contributed by atoms with Crippen molar-refractivity contribution in [3.8, 4) is 0 Å². The van der Waals surface area contributed by atoms with Crippen LogP contribution in [-0.4, -0.2) is 56.5 Å². The second kappa shape index (κ2) is 11.0. The summed E-state index contributed by atoms with van der Waals surface area (Å²) in [5.74, 6) is 2.61. The number of anilines is 1. The molecule has 1 aromatic carbocycles. The van der Waals surface area contributed by atoms with E-state index in [1.807, 2.05) is 18.2 Å². The molecule has 3 rings (SSSR count). The van der Waals surface area contributed by atoms with Gasteiger partial charge in [0.15, 0.2) is 5.96 Å². The van der Waals surface area contributed by atoms with Crippen LogP contribution in [0.4, 0.5) is 5.69 Å². The van der Waals surface area contributed by atoms with E-state index in [0.717, 1.165) is 36.6 Å². The van der Waals surface area contributed by atoms with Gasteiger partial charge in [-0.2, -0.15) is 0 Å². The molecule has 1 amide bonds. The summed E-state index contributed by atoms with van der Waals surface area (Å²) in [5.41, 5.74) is 2.12. The van der Waals surface area contributed by atoms with Gasteiger partial charge in [0.2, 0.25) is 5.91 Å². The van der Waals surface area contributed by atoms with E-state index in [9.17, 15) is 4.79 Å². The number of piperidine rings is 1. The molecule has 1 fully saturated rings. The molecular weight excluding hydrogens is 465 g/mol. The lowest BCUT2D eigenvalue weighted by molar-refractivity contribution is -0.116. The number of rotatable bonds is 5. The minimum absolute atomic E-state index is 0. The topological polar surface area (TPSA) is 68.8 Å². The Bertz CT molecular complexity index is 671. The Morgan fingerprint density at radius 1 is 1.21 bits per heavy atom. The Hall–Kier alpha value is -1.35. The smallest absolute Gasteiger partial charge is 0.225 e. The summed E-state index contributed by atoms with van der Waals surface area (Å²) in [7, 11) is 1.79. The lowest BCUT2D eigenvalue weighted by Crippen LogP contribution is -2.46. The van der Waals surface area contributed by atoms with E-state index >= 15 is 0 Å². The standard InChI is InChI=1S/C21H33N5O.HI/c1-15-10-16(2)14-26(13-15)9-8-23-21(22-3)24-12-17-11-20(27)25-19-7-5-4-6-18(17)19;/h4-7,15-17H,8-14H2,1-3H3,(H,25,27)(H2,22,23,24);1H. The van der Waals surface area contributed by atoms with Crippen LogP contribution in [0, 0.1) is 11.8 Å². The molecule has 3 N–H and O–H groups in total. The SMILES string of the molecule is CN=C(NCCN1CC(C)CC(C)C1)NCC1CC(=O)Nc2ccccc21.I. The first-order chi connectivity index (χ1) is 13.0. The fourth-order valence-electron chi connectivity index (χ4n) is 4.43. The lowest BCUT2D eigenvalue weighted by Gasteiger charge is -2.35. The number of aliphatic imine (C=N–C) groups is 1. The molecule has 0 bridgehead atoms. The quantitative estimate of drug-likeness (QED) is 0.331. The molecule has 156 valence electrons. The predicted octanol–water partition coefficient (Wildman–Crippen LogP) is 2.87. The number of fused-ring (bicyclic) bond motifs is 1. The number of likely N-dealkylation sites (tertiary alicyclic amines) is 1. The Morgan fingerprint density at radius 2 is 1.93 bits per heavy atom. The Balaban J connectivity index is 0.00000280. The molecule has 7 heteroatoms. The number of nitrogens with one attached hydrogen (secondary N) is 3. The van der Waals surface area contributed by atoms with Crippen LogP contribution in [-0.2, 0) is 4.79 Å². The van der Waals surface area contributed by atoms with E-state index in [1.165, 1.54) is 25.1 Å². The Kier molecular flexibility index (Phi) is 9.01. The van der Waals surface area contributed by atoms with Crippen molar-refractivity contribution in [1.82, 2.24) is 15.5 Å². The van der Waals surface area contributed by atoms with Crippen molar-refractivity contribution in [3.05, 3.63) is 29.8 Å². The molecule has 3 atom stereocenters. The first-order valence-corrected chi connectivity index (χ1v) is 10.1. The summed E-state index contributed by atoms with van der Waals surface area (Å²) in [6, 6.07) is 8.04. The third-order valence-electron chi connectivity index (χ3n) is 5.51. The van der Waals surface area contributed by atoms with Crippen molar-refractivity contribution in [2.75, 3.05) is 45.1 Å². The maximum absolute atomic E-state index is 12.0. The Labute approximate surface area is 186 Å². The second-order valence-electron chi connectivity index (χ2n) is 8.12. The first-order valence-electron chi connectivity index (χ1n) is 10.1. The molecule has 0 aliphatic carbocycles. The molecule has 1 saturated heterocycles. The van der Waals surface area contributed by atoms with Gasteiger partial charge in [-0.25, -0.2) is 0 Å². The summed E-state index contributed by atoms with van der Waals surface area (Å²) in [6.45, 7) is 9.66. The van der Waals surface area contributed by atoms with Crippen LogP contribution in [0.5, 0.6) is 0 Å². The minimum Gasteiger partial charge on any atom is -0.356 e. The van der Waals surface area contributed by atoms with Gasteiger partial charge in [-0.15, -0.1) is 24.0 Å². The van der Waals surface area contributed by atoms with Crippen LogP contribution >= 0.6 is 24.0 Å². The van der Waals surface area contributed by atoms with Crippen LogP contribution in [0.1, 0.15) is 38.2 Å². The number of nitrogens with zero attached hydrogens (tertiary/aromatic N) is 2. The highest BCUT2D eigenvalue weighted by atomic mass is 127. The Morgan fingerprint density at radius 3 is 2.64 bits per heavy atom. The number of guanidine groups is 1. The molecule has 0 radical (unpaired) electrons. The summed E-state index contributed by atoms with van der Waals surface area (Å²) in [6.07, 6.45) is 1.84. The third-order valence-corrected chi connectivity index (χ3v) is 5.51. The van der Waals surface area contributed by atoms with E-state index in [2.05, 4.69) is 45.8 Å². The number of amides is 1. The van der Waals surface area contributed by atoms with Gasteiger partial charge < -0.3 is 20.9 Å². The fraction of sp³-hybridized carbons (Fsp3) is 0.619. The van der Waals surface area contributed by atoms with Crippen LogP contribution in [0.15, 0.2) is 29.3 Å². The third kappa shape index (κ3) is 6.34. The molecule has 0 saturated carbocycles. The lowest BCUT2D eigenvalue weighted by atomic mass is 9.90. The van der Waals surface area contributed by atoms with E-state index in [1.54, 1.807) is 7.05 Å². The van der Waals surface area contributed by atoms with Crippen LogP contribution in [0.25, 0.3) is 0 Å². The summed E-state index contributed by atoms with van der Waals surface area (Å²) in [4.78, 5) is 18.8. The molecule has 6 nitrogen and oxygen atoms in total. The zero-order valence-electron chi connectivity index (χ0n) is 17.2. The largest absolute Gasteiger partial charge is 0.356 e. The minimum atomic E-state index is 0. The van der Waals surface area contributed by atoms with Crippen LogP contribution in [0.2, 0.25) is 0 Å². The molecule has 2 aliphatic heterocycles. The number of para-hydroxylation sites is 1. The predicted molar refractivity (Wildman–Crippen MR) is 127 cm³/mol. The number of halogens is 1. The van der Waals surface area contributed by atoms with E-state index in [-0.39, 0.29) is 35.8 Å². The summed E-state index contributed by atoms with van der Waals surface area (Å²) >= 11 is 0. The maximum Gasteiger partial charge on any atom is 0.225 e. The van der Waals surface area contributed by atoms with Crippen molar-refractivity contribution < 1.29 is 4.79 Å². The van der Waals surface area contributed by atoms with Crippen molar-refractivity contribution in [2.24, 2.45) is 16.8 Å². The molecule has 3 unspecified atom stereocenters. The maximum atomic E-state index is 12.0. The summed E-state index contributed by atoms with van der Waals surface area (Å²) in [5, 5.41) is 9.77. The molecule has 28 heavy (non-hydrogen) atoms. The van der Waals surface area contributed by atoms with Crippen molar-refractivity contribution in [3.63, 3.8) is 0 Å². The fourth-order valence-corrected chi connectivity index (χ4v) is 4.43. The first kappa shape index (κ1) is 22.9. The monoisotopic (exact) mass is 499 g/mol. The highest BCUT2D eigenvalue weighted by molar-refractivity contribution is 14.0. The number of hydrogen-bond donors (Lipinski definition) is 3. The number of carbonyl (C=O) groups is 1. The zero-order valence-corrected chi connectivity index (χ0v) is 19.5. The van der Waals surface area contributed by atoms with Gasteiger partial charge in [0.1, 0.15) is 0 Å². The second-order valence-corrected chi connectivity index (χ2v) is 8.12. The molecule has 2 heterocycles. The highest BCUT2D eigenvalue weighted by Gasteiger charge is 2.25. The van der Waals surface area contributed by atoms with Crippen molar-refractivity contribution in [1.29, 1.82) is 0 Å². The van der Waals surface area contributed by atoms with Gasteiger partial charge in [-0.05, 0) is 29.9 Å². The molecule has 2 aliphatic rings. The van der Waals surface area contributed by atoms with E-state index in [4.69, 9.17) is 0 Å². The molecule has 1 aromatic rings. The average molecular weight is 499 g/mol. The molecular formula is C21H34IN5O. The molecule has 0 spiro atoms. The van der Waals surface area contributed by atoms with Crippen LogP contribution < -0.4 is 16.0 Å². The summed E-state index contributed by atoms with van der Waals surface area (Å²) < 4.78 is 0. The van der Waals surface area contributed by atoms with Crippen LogP contribution in [0.3, 0.4) is 0 Å². The molecule has 0 aromatic heterocycles. The average Bonchev–Trinajstić information content (AvgIpc) is 2.63. The van der Waals surface area contributed by atoms with Gasteiger partial charge in [0, 0.05) is 57.8 Å². The van der Waals surface area contributed by atoms with Gasteiger partial charge in [-0.3, -0.25) is 9.79 Å². The van der Waals surface area contributed by atoms with Crippen molar-refractivity contribution in [2.45, 2.75) is 32.6 Å². The number of hydrogen-bond acceptors (Lipinski definition) is 3.